The largest absolute Gasteiger partial charge is 0.490 e. The van der Waals surface area contributed by atoms with Crippen LogP contribution in [0.4, 0.5) is 5.69 Å². The molecule has 3 rings (SSSR count). The van der Waals surface area contributed by atoms with Crippen LogP contribution >= 0.6 is 0 Å². The van der Waals surface area contributed by atoms with Crippen LogP contribution in [0.1, 0.15) is 19.4 Å². The number of hydrogen-bond donors (Lipinski definition) is 2. The first-order chi connectivity index (χ1) is 13.9. The number of benzene rings is 2. The minimum atomic E-state index is -1.10. The summed E-state index contributed by atoms with van der Waals surface area (Å²) in [6, 6.07) is 13.5. The second kappa shape index (κ2) is 8.47. The smallest absolute Gasteiger partial charge is 0.344 e. The average Bonchev–Trinajstić information content (AvgIpc) is 2.99. The van der Waals surface area contributed by atoms with Crippen molar-refractivity contribution in [2.24, 2.45) is 0 Å². The molecule has 2 amide bonds. The molecule has 0 aliphatic carbocycles. The molecule has 1 fully saturated rings. The number of rotatable bonds is 7. The van der Waals surface area contributed by atoms with Crippen molar-refractivity contribution in [1.82, 2.24) is 5.43 Å². The van der Waals surface area contributed by atoms with Crippen LogP contribution < -0.4 is 19.9 Å². The van der Waals surface area contributed by atoms with Gasteiger partial charge in [-0.25, -0.2) is 9.80 Å². The van der Waals surface area contributed by atoms with Gasteiger partial charge in [0.25, 0.3) is 11.8 Å². The Bertz CT molecular complexity index is 970. The molecule has 0 bridgehead atoms. The minimum absolute atomic E-state index is 0.0242. The second-order valence-corrected chi connectivity index (χ2v) is 6.21. The third-order valence-electron chi connectivity index (χ3n) is 4.14. The zero-order valence-corrected chi connectivity index (χ0v) is 15.9. The molecule has 2 aromatic carbocycles. The third kappa shape index (κ3) is 4.37. The molecule has 8 heteroatoms. The van der Waals surface area contributed by atoms with Crippen molar-refractivity contribution >= 4 is 29.5 Å². The molecule has 0 spiro atoms. The summed E-state index contributed by atoms with van der Waals surface area (Å²) in [5.74, 6) is -1.51. The summed E-state index contributed by atoms with van der Waals surface area (Å²) in [6.07, 6.45) is 0.396. The zero-order chi connectivity index (χ0) is 21.0. The third-order valence-corrected chi connectivity index (χ3v) is 4.14. The van der Waals surface area contributed by atoms with E-state index in [1.165, 1.54) is 18.0 Å². The maximum Gasteiger partial charge on any atom is 0.344 e. The molecule has 1 unspecified atom stereocenters. The van der Waals surface area contributed by atoms with E-state index >= 15 is 0 Å². The van der Waals surface area contributed by atoms with Crippen molar-refractivity contribution in [3.8, 4) is 11.5 Å². The fourth-order valence-electron chi connectivity index (χ4n) is 2.70. The Balaban J connectivity index is 1.89. The van der Waals surface area contributed by atoms with Gasteiger partial charge in [0, 0.05) is 0 Å². The van der Waals surface area contributed by atoms with Crippen LogP contribution in [0, 0.1) is 0 Å². The number of aliphatic carboxylic acids is 1. The molecule has 1 saturated heterocycles. The number of carboxylic acids is 1. The average molecular weight is 396 g/mol. The van der Waals surface area contributed by atoms with Crippen LogP contribution in [-0.4, -0.2) is 35.6 Å². The molecule has 0 saturated carbocycles. The Hall–Kier alpha value is -3.81. The highest BCUT2D eigenvalue weighted by Gasteiger charge is 2.34. The summed E-state index contributed by atoms with van der Waals surface area (Å²) in [5, 5.41) is 10.2. The molecule has 1 heterocycles. The summed E-state index contributed by atoms with van der Waals surface area (Å²) in [4.78, 5) is 36.0. The Morgan fingerprint density at radius 2 is 1.90 bits per heavy atom. The van der Waals surface area contributed by atoms with Gasteiger partial charge >= 0.3 is 5.97 Å². The first kappa shape index (κ1) is 19.9. The van der Waals surface area contributed by atoms with Crippen molar-refractivity contribution < 1.29 is 29.0 Å². The van der Waals surface area contributed by atoms with Gasteiger partial charge in [0.1, 0.15) is 5.57 Å². The van der Waals surface area contributed by atoms with E-state index in [0.717, 1.165) is 0 Å². The van der Waals surface area contributed by atoms with Gasteiger partial charge in [0.2, 0.25) is 0 Å². The van der Waals surface area contributed by atoms with Gasteiger partial charge in [-0.05, 0) is 49.8 Å². The Morgan fingerprint density at radius 3 is 2.55 bits per heavy atom. The molecular formula is C21H20N2O6. The molecule has 1 aliphatic rings. The van der Waals surface area contributed by atoms with E-state index in [2.05, 4.69) is 5.43 Å². The Labute approximate surface area is 167 Å². The number of amides is 2. The van der Waals surface area contributed by atoms with E-state index in [0.29, 0.717) is 23.6 Å². The summed E-state index contributed by atoms with van der Waals surface area (Å²) < 4.78 is 10.9. The van der Waals surface area contributed by atoms with Gasteiger partial charge in [0.05, 0.1) is 12.3 Å². The van der Waals surface area contributed by atoms with Crippen molar-refractivity contribution in [2.75, 3.05) is 11.6 Å². The van der Waals surface area contributed by atoms with Gasteiger partial charge in [-0.3, -0.25) is 15.0 Å². The number of carbonyl (C=O) groups excluding carboxylic acids is 2. The molecule has 2 aromatic rings. The molecule has 29 heavy (non-hydrogen) atoms. The molecule has 8 nitrogen and oxygen atoms in total. The number of carbonyl (C=O) groups is 3. The molecule has 150 valence electrons. The molecule has 2 N–H and O–H groups in total. The van der Waals surface area contributed by atoms with E-state index < -0.39 is 23.9 Å². The lowest BCUT2D eigenvalue weighted by molar-refractivity contribution is -0.144. The van der Waals surface area contributed by atoms with Gasteiger partial charge in [-0.1, -0.05) is 24.3 Å². The maximum atomic E-state index is 12.7. The number of anilines is 1. The van der Waals surface area contributed by atoms with Crippen molar-refractivity contribution in [1.29, 1.82) is 0 Å². The fraction of sp³-hybridized carbons (Fsp3) is 0.190. The number of carboxylic acid groups (broad SMARTS) is 1. The fourth-order valence-corrected chi connectivity index (χ4v) is 2.70. The van der Waals surface area contributed by atoms with E-state index in [1.807, 2.05) is 6.07 Å². The van der Waals surface area contributed by atoms with Gasteiger partial charge in [-0.2, -0.15) is 0 Å². The molecule has 1 aliphatic heterocycles. The first-order valence-corrected chi connectivity index (χ1v) is 8.99. The van der Waals surface area contributed by atoms with Crippen molar-refractivity contribution in [3.63, 3.8) is 0 Å². The summed E-state index contributed by atoms with van der Waals surface area (Å²) in [7, 11) is 0. The highest BCUT2D eigenvalue weighted by molar-refractivity contribution is 6.31. The predicted molar refractivity (Wildman–Crippen MR) is 105 cm³/mol. The normalized spacial score (nSPS) is 15.9. The monoisotopic (exact) mass is 396 g/mol. The lowest BCUT2D eigenvalue weighted by Gasteiger charge is -2.15. The van der Waals surface area contributed by atoms with Crippen LogP contribution in [0.5, 0.6) is 11.5 Å². The van der Waals surface area contributed by atoms with Crippen LogP contribution in [0.3, 0.4) is 0 Å². The van der Waals surface area contributed by atoms with Crippen LogP contribution in [0.25, 0.3) is 6.08 Å². The zero-order valence-electron chi connectivity index (χ0n) is 15.9. The number of nitrogens with zero attached hydrogens (tertiary/aromatic N) is 1. The molecule has 1 atom stereocenters. The minimum Gasteiger partial charge on any atom is -0.490 e. The number of nitrogens with one attached hydrogen (secondary N) is 1. The quantitative estimate of drug-likeness (QED) is 0.550. The standard InChI is InChI=1S/C21H20N2O6/c1-3-28-18-12-14(9-10-17(18)29-13(2)21(26)27)11-16-19(24)22-23(20(16)25)15-7-5-4-6-8-15/h4-13H,3H2,1-2H3,(H,22,24)(H,26,27). The maximum absolute atomic E-state index is 12.7. The Morgan fingerprint density at radius 1 is 1.17 bits per heavy atom. The van der Waals surface area contributed by atoms with Gasteiger partial charge in [0.15, 0.2) is 17.6 Å². The summed E-state index contributed by atoms with van der Waals surface area (Å²) in [5.41, 5.74) is 3.60. The molecule has 0 radical (unpaired) electrons. The van der Waals surface area contributed by atoms with Crippen molar-refractivity contribution in [2.45, 2.75) is 20.0 Å². The lowest BCUT2D eigenvalue weighted by Crippen LogP contribution is -2.35. The number of hydrazine groups is 1. The van der Waals surface area contributed by atoms with Crippen LogP contribution in [-0.2, 0) is 14.4 Å². The van der Waals surface area contributed by atoms with E-state index in [-0.39, 0.29) is 11.3 Å². The summed E-state index contributed by atoms with van der Waals surface area (Å²) >= 11 is 0. The van der Waals surface area contributed by atoms with E-state index in [9.17, 15) is 14.4 Å². The van der Waals surface area contributed by atoms with Crippen molar-refractivity contribution in [3.05, 3.63) is 59.7 Å². The lowest BCUT2D eigenvalue weighted by atomic mass is 10.1. The Kier molecular flexibility index (Phi) is 5.82. The van der Waals surface area contributed by atoms with E-state index in [4.69, 9.17) is 14.6 Å². The second-order valence-electron chi connectivity index (χ2n) is 6.21. The highest BCUT2D eigenvalue weighted by atomic mass is 16.5. The summed E-state index contributed by atoms with van der Waals surface area (Å²) in [6.45, 7) is 3.52. The number of ether oxygens (including phenoxy) is 2. The van der Waals surface area contributed by atoms with Gasteiger partial charge in [-0.15, -0.1) is 0 Å². The number of hydrogen-bond acceptors (Lipinski definition) is 5. The predicted octanol–water partition coefficient (Wildman–Crippen LogP) is 2.40. The van der Waals surface area contributed by atoms with E-state index in [1.54, 1.807) is 49.4 Å². The van der Waals surface area contributed by atoms with Crippen LogP contribution in [0.15, 0.2) is 54.1 Å². The SMILES string of the molecule is CCOc1cc(C=C2C(=O)NN(c3ccccc3)C2=O)ccc1OC(C)C(=O)O. The molecular weight excluding hydrogens is 376 g/mol. The van der Waals surface area contributed by atoms with Crippen LogP contribution in [0.2, 0.25) is 0 Å². The number of para-hydroxylation sites is 1. The molecule has 0 aromatic heterocycles. The topological polar surface area (TPSA) is 105 Å². The highest BCUT2D eigenvalue weighted by Crippen LogP contribution is 2.31. The van der Waals surface area contributed by atoms with Gasteiger partial charge < -0.3 is 14.6 Å². The first-order valence-electron chi connectivity index (χ1n) is 8.99.